The van der Waals surface area contributed by atoms with E-state index < -0.39 is 19.9 Å². The quantitative estimate of drug-likeness (QED) is 0.0241. The van der Waals surface area contributed by atoms with Crippen LogP contribution in [0.3, 0.4) is 0 Å². The van der Waals surface area contributed by atoms with E-state index >= 15 is 0 Å². The highest BCUT2D eigenvalue weighted by molar-refractivity contribution is 6.99. The predicted molar refractivity (Wildman–Crippen MR) is 238 cm³/mol. The van der Waals surface area contributed by atoms with Gasteiger partial charge in [-0.3, -0.25) is 0 Å². The minimum Gasteiger partial charge on any atom is -0.457 e. The van der Waals surface area contributed by atoms with Crippen molar-refractivity contribution in [2.24, 2.45) is 5.92 Å². The van der Waals surface area contributed by atoms with Crippen LogP contribution in [0.1, 0.15) is 94.4 Å². The Kier molecular flexibility index (Phi) is 21.5. The average molecular weight is 797 g/mol. The normalized spacial score (nSPS) is 14.9. The van der Waals surface area contributed by atoms with E-state index in [-0.39, 0.29) is 36.4 Å². The molecule has 0 spiro atoms. The fraction of sp³-hybridized carbons (Fsp3) is 0.429. The highest BCUT2D eigenvalue weighted by atomic mass is 28.4. The molecule has 2 aromatic rings. The van der Waals surface area contributed by atoms with Gasteiger partial charge >= 0.3 is 11.9 Å². The number of unbranched alkanes of at least 4 members (excludes halogenated alkanes) is 1. The number of esters is 2. The summed E-state index contributed by atoms with van der Waals surface area (Å²) in [6.45, 7) is 17.7. The number of aliphatic hydroxyl groups is 1. The number of ether oxygens (including phenoxy) is 3. The van der Waals surface area contributed by atoms with Crippen molar-refractivity contribution in [2.75, 3.05) is 20.5 Å². The van der Waals surface area contributed by atoms with Gasteiger partial charge in [-0.25, -0.2) is 9.59 Å². The molecular weight excluding hydrogens is 729 g/mol. The van der Waals surface area contributed by atoms with E-state index in [1.807, 2.05) is 82.3 Å². The largest absolute Gasteiger partial charge is 0.457 e. The molecule has 0 bridgehead atoms. The Morgan fingerprint density at radius 3 is 1.96 bits per heavy atom. The number of methoxy groups -OCH3 is 1. The van der Waals surface area contributed by atoms with Crippen LogP contribution >= 0.6 is 0 Å². The summed E-state index contributed by atoms with van der Waals surface area (Å²) in [6, 6.07) is 20.5. The summed E-state index contributed by atoms with van der Waals surface area (Å²) in [6.07, 6.45) is 25.5. The third-order valence-electron chi connectivity index (χ3n) is 9.25. The molecule has 1 N–H and O–H groups in total. The minimum absolute atomic E-state index is 0.0721. The molecule has 0 unspecified atom stereocenters. The number of rotatable bonds is 22. The van der Waals surface area contributed by atoms with Crippen molar-refractivity contribution in [3.05, 3.63) is 144 Å². The van der Waals surface area contributed by atoms with Crippen molar-refractivity contribution in [3.63, 3.8) is 0 Å². The Morgan fingerprint density at radius 1 is 0.807 bits per heavy atom. The summed E-state index contributed by atoms with van der Waals surface area (Å²) in [5.74, 6) is -0.570. The number of hydrogen-bond acceptors (Lipinski definition) is 7. The van der Waals surface area contributed by atoms with Crippen molar-refractivity contribution in [1.29, 1.82) is 0 Å². The van der Waals surface area contributed by atoms with Crippen molar-refractivity contribution in [2.45, 2.75) is 111 Å². The number of hydrogen-bond donors (Lipinski definition) is 1. The lowest BCUT2D eigenvalue weighted by Gasteiger charge is -2.42. The summed E-state index contributed by atoms with van der Waals surface area (Å²) < 4.78 is 23.4. The monoisotopic (exact) mass is 796 g/mol. The summed E-state index contributed by atoms with van der Waals surface area (Å²) in [5.41, 5.74) is 1.76. The first-order valence-electron chi connectivity index (χ1n) is 20.0. The molecule has 7 nitrogen and oxygen atoms in total. The van der Waals surface area contributed by atoms with Gasteiger partial charge in [-0.1, -0.05) is 149 Å². The molecule has 0 aliphatic heterocycles. The van der Waals surface area contributed by atoms with E-state index in [2.05, 4.69) is 88.4 Å². The van der Waals surface area contributed by atoms with Crippen LogP contribution in [0.25, 0.3) is 0 Å². The lowest BCUT2D eigenvalue weighted by Crippen LogP contribution is -2.66. The highest BCUT2D eigenvalue weighted by Crippen LogP contribution is 2.36. The first kappa shape index (κ1) is 48.8. The third kappa shape index (κ3) is 17.8. The standard InChI is InChI=1S/C49H68O7Si/c1-39(25-19-15-13-11-12-14-16-24-30-45(53-10)40(2)32-33-41(3)47(52)56-48(4,5)6)31-34-42(35-36-50)37-46(51)54-38-55-57(49(7,8)9,43-26-20-17-21-27-43)44-28-22-18-23-29-44/h12,14-24,26-29,31-34,37,39,45,50H,11,13,25,30,35-36,38H2,1-10H3/b14-12+,19-15+,24-16-,34-31+,40-32-,41-33+,42-37+/t39-,45+/m0/s1. The van der Waals surface area contributed by atoms with Gasteiger partial charge in [0.2, 0.25) is 0 Å². The molecule has 0 fully saturated rings. The van der Waals surface area contributed by atoms with Gasteiger partial charge in [-0.2, -0.15) is 0 Å². The fourth-order valence-electron chi connectivity index (χ4n) is 6.16. The Bertz CT molecular complexity index is 1680. The Balaban J connectivity index is 1.86. The van der Waals surface area contributed by atoms with Gasteiger partial charge in [-0.15, -0.1) is 0 Å². The lowest BCUT2D eigenvalue weighted by molar-refractivity contribution is -0.150. The first-order chi connectivity index (χ1) is 27.0. The maximum absolute atomic E-state index is 13.0. The smallest absolute Gasteiger partial charge is 0.334 e. The molecule has 0 radical (unpaired) electrons. The second-order valence-electron chi connectivity index (χ2n) is 16.3. The van der Waals surface area contributed by atoms with Crippen LogP contribution in [0.4, 0.5) is 0 Å². The molecule has 2 atom stereocenters. The molecule has 0 aromatic heterocycles. The van der Waals surface area contributed by atoms with Crippen molar-refractivity contribution in [1.82, 2.24) is 0 Å². The minimum atomic E-state index is -2.83. The number of allylic oxidation sites excluding steroid dienone is 9. The van der Waals surface area contributed by atoms with Crippen molar-refractivity contribution < 1.29 is 33.3 Å². The maximum atomic E-state index is 13.0. The third-order valence-corrected chi connectivity index (χ3v) is 14.2. The van der Waals surface area contributed by atoms with Crippen LogP contribution in [0.5, 0.6) is 0 Å². The van der Waals surface area contributed by atoms with Gasteiger partial charge in [0, 0.05) is 25.4 Å². The zero-order valence-electron chi connectivity index (χ0n) is 36.1. The summed E-state index contributed by atoms with van der Waals surface area (Å²) >= 11 is 0. The van der Waals surface area contributed by atoms with E-state index in [0.717, 1.165) is 41.6 Å². The molecule has 0 amide bonds. The zero-order valence-corrected chi connectivity index (χ0v) is 37.1. The topological polar surface area (TPSA) is 91.3 Å². The van der Waals surface area contributed by atoms with Crippen LogP contribution in [0.15, 0.2) is 144 Å². The summed E-state index contributed by atoms with van der Waals surface area (Å²) in [5, 5.41) is 11.7. The summed E-state index contributed by atoms with van der Waals surface area (Å²) in [4.78, 5) is 25.2. The molecule has 2 rings (SSSR count). The molecule has 0 heterocycles. The maximum Gasteiger partial charge on any atom is 0.334 e. The lowest BCUT2D eigenvalue weighted by atomic mass is 10.0. The number of carbonyl (C=O) groups is 2. The van der Waals surface area contributed by atoms with Gasteiger partial charge in [0.1, 0.15) is 5.60 Å². The molecule has 2 aromatic carbocycles. The molecule has 310 valence electrons. The van der Waals surface area contributed by atoms with Gasteiger partial charge in [0.25, 0.3) is 8.32 Å². The van der Waals surface area contributed by atoms with Gasteiger partial charge < -0.3 is 23.7 Å². The van der Waals surface area contributed by atoms with Crippen LogP contribution in [-0.4, -0.2) is 57.6 Å². The van der Waals surface area contributed by atoms with Crippen LogP contribution < -0.4 is 10.4 Å². The van der Waals surface area contributed by atoms with Crippen LogP contribution in [0.2, 0.25) is 5.04 Å². The number of carbonyl (C=O) groups excluding carboxylic acids is 2. The van der Waals surface area contributed by atoms with E-state index in [0.29, 0.717) is 17.6 Å². The molecule has 0 saturated carbocycles. The van der Waals surface area contributed by atoms with E-state index in [1.54, 1.807) is 20.1 Å². The van der Waals surface area contributed by atoms with Gasteiger partial charge in [0.05, 0.1) is 6.10 Å². The highest BCUT2D eigenvalue weighted by Gasteiger charge is 2.50. The van der Waals surface area contributed by atoms with Gasteiger partial charge in [-0.05, 0) is 99.2 Å². The number of aliphatic hydroxyl groups excluding tert-OH is 1. The van der Waals surface area contributed by atoms with E-state index in [1.165, 1.54) is 6.08 Å². The van der Waals surface area contributed by atoms with Crippen LogP contribution in [0, 0.1) is 5.92 Å². The Hall–Kier alpha value is -4.34. The summed E-state index contributed by atoms with van der Waals surface area (Å²) in [7, 11) is -1.14. The van der Waals surface area contributed by atoms with Crippen LogP contribution in [-0.2, 0) is 28.2 Å². The first-order valence-corrected chi connectivity index (χ1v) is 21.9. The fourth-order valence-corrected chi connectivity index (χ4v) is 10.6. The average Bonchev–Trinajstić information content (AvgIpc) is 3.16. The number of benzene rings is 2. The van der Waals surface area contributed by atoms with E-state index in [4.69, 9.17) is 18.6 Å². The molecule has 0 saturated heterocycles. The van der Waals surface area contributed by atoms with E-state index in [9.17, 15) is 14.7 Å². The predicted octanol–water partition coefficient (Wildman–Crippen LogP) is 10.0. The molecule has 0 aliphatic rings. The molecule has 0 aliphatic carbocycles. The van der Waals surface area contributed by atoms with Gasteiger partial charge in [0.15, 0.2) is 6.79 Å². The van der Waals surface area contributed by atoms with Crippen molar-refractivity contribution in [3.8, 4) is 0 Å². The second kappa shape index (κ2) is 25.1. The zero-order chi connectivity index (χ0) is 42.3. The van der Waals surface area contributed by atoms with Crippen molar-refractivity contribution >= 4 is 30.6 Å². The molecular formula is C49H68O7Si. The second-order valence-corrected chi connectivity index (χ2v) is 20.6. The molecule has 57 heavy (non-hydrogen) atoms. The Morgan fingerprint density at radius 2 is 1.40 bits per heavy atom. The molecule has 8 heteroatoms. The Labute approximate surface area is 344 Å². The SMILES string of the molecule is CO[C@H](C/C=C\C=C\CC/C=C/C[C@H](C)/C=C/C(=C\C(=O)OCO[Si](c1ccccc1)(c1ccccc1)C(C)(C)C)CCO)/C(C)=C\C=C(/C)C(=O)OC(C)(C)C.